The maximum atomic E-state index is 14.5. The van der Waals surface area contributed by atoms with Crippen molar-refractivity contribution in [2.75, 3.05) is 18.4 Å². The molecule has 4 rings (SSSR count). The zero-order chi connectivity index (χ0) is 26.3. The van der Waals surface area contributed by atoms with Crippen LogP contribution in [-0.4, -0.2) is 55.6 Å². The van der Waals surface area contributed by atoms with Gasteiger partial charge in [0.15, 0.2) is 11.4 Å². The van der Waals surface area contributed by atoms with Crippen LogP contribution in [0.3, 0.4) is 0 Å². The molecule has 0 aliphatic carbocycles. The third kappa shape index (κ3) is 5.29. The van der Waals surface area contributed by atoms with Crippen molar-refractivity contribution in [3.05, 3.63) is 60.1 Å². The predicted molar refractivity (Wildman–Crippen MR) is 118 cm³/mol. The maximum Gasteiger partial charge on any atom is 0.434 e. The van der Waals surface area contributed by atoms with Crippen LogP contribution in [0.4, 0.5) is 32.2 Å². The molecular formula is C23H22F6N6O. The molecule has 13 heteroatoms. The van der Waals surface area contributed by atoms with E-state index in [2.05, 4.69) is 20.4 Å². The molecule has 0 bridgehead atoms. The van der Waals surface area contributed by atoms with Crippen molar-refractivity contribution in [3.8, 4) is 11.1 Å². The Bertz CT molecular complexity index is 1240. The third-order valence-corrected chi connectivity index (χ3v) is 5.97. The topological polar surface area (TPSA) is 75.9 Å². The number of rotatable bonds is 5. The van der Waals surface area contributed by atoms with Gasteiger partial charge in [0.2, 0.25) is 0 Å². The summed E-state index contributed by atoms with van der Waals surface area (Å²) >= 11 is 0. The van der Waals surface area contributed by atoms with Crippen LogP contribution in [-0.2, 0) is 13.2 Å². The number of hydrogen-bond donors (Lipinski definition) is 1. The summed E-state index contributed by atoms with van der Waals surface area (Å²) in [5, 5.41) is 6.91. The largest absolute Gasteiger partial charge is 0.434 e. The van der Waals surface area contributed by atoms with Crippen LogP contribution in [0.1, 0.15) is 29.5 Å². The molecule has 0 spiro atoms. The van der Waals surface area contributed by atoms with Crippen molar-refractivity contribution in [2.24, 2.45) is 13.0 Å². The Morgan fingerprint density at radius 1 is 1.17 bits per heavy atom. The van der Waals surface area contributed by atoms with Gasteiger partial charge in [-0.05, 0) is 12.0 Å². The monoisotopic (exact) mass is 512 g/mol. The summed E-state index contributed by atoms with van der Waals surface area (Å²) in [6.45, 7) is 0.577. The molecular weight excluding hydrogens is 490 g/mol. The number of halogens is 6. The van der Waals surface area contributed by atoms with Crippen LogP contribution in [0.25, 0.3) is 11.1 Å². The molecule has 0 radical (unpaired) electrons. The Labute approximate surface area is 202 Å². The van der Waals surface area contributed by atoms with Gasteiger partial charge in [-0.15, -0.1) is 0 Å². The zero-order valence-electron chi connectivity index (χ0n) is 19.2. The predicted octanol–water partition coefficient (Wildman–Crippen LogP) is 4.63. The molecule has 3 aromatic rings. The Morgan fingerprint density at radius 2 is 1.89 bits per heavy atom. The summed E-state index contributed by atoms with van der Waals surface area (Å²) in [5.41, 5.74) is -1.11. The molecule has 192 valence electrons. The molecule has 2 atom stereocenters. The van der Waals surface area contributed by atoms with Gasteiger partial charge in [-0.1, -0.05) is 25.1 Å². The zero-order valence-corrected chi connectivity index (χ0v) is 19.2. The van der Waals surface area contributed by atoms with Gasteiger partial charge in [-0.3, -0.25) is 9.48 Å². The second-order valence-corrected chi connectivity index (χ2v) is 8.75. The third-order valence-electron chi connectivity index (χ3n) is 5.97. The molecule has 2 aromatic heterocycles. The van der Waals surface area contributed by atoms with Crippen molar-refractivity contribution in [1.29, 1.82) is 0 Å². The molecule has 1 aliphatic heterocycles. The van der Waals surface area contributed by atoms with Crippen molar-refractivity contribution in [2.45, 2.75) is 31.5 Å². The lowest BCUT2D eigenvalue weighted by molar-refractivity contribution is -0.141. The number of hydrogen-bond acceptors (Lipinski definition) is 5. The Hall–Kier alpha value is -3.64. The van der Waals surface area contributed by atoms with Gasteiger partial charge >= 0.3 is 6.18 Å². The number of aromatic nitrogens is 4. The molecule has 1 saturated heterocycles. The highest BCUT2D eigenvalue weighted by Gasteiger charge is 2.47. The number of piperidine rings is 1. The van der Waals surface area contributed by atoms with Crippen LogP contribution in [0, 0.1) is 11.7 Å². The normalized spacial score (nSPS) is 19.8. The number of nitrogens with zero attached hydrogens (tertiary/aromatic N) is 5. The van der Waals surface area contributed by atoms with E-state index >= 15 is 0 Å². The quantitative estimate of drug-likeness (QED) is 0.505. The molecule has 1 N–H and O–H groups in total. The van der Waals surface area contributed by atoms with E-state index < -0.39 is 54.4 Å². The minimum atomic E-state index is -4.66. The van der Waals surface area contributed by atoms with Gasteiger partial charge in [-0.2, -0.15) is 18.3 Å². The smallest absolute Gasteiger partial charge is 0.367 e. The molecule has 3 heterocycles. The lowest BCUT2D eigenvalue weighted by Crippen LogP contribution is -2.57. The fraction of sp³-hybridized carbons (Fsp3) is 0.391. The summed E-state index contributed by atoms with van der Waals surface area (Å²) in [6.07, 6.45) is -2.28. The number of amides is 1. The first-order chi connectivity index (χ1) is 16.9. The fourth-order valence-corrected chi connectivity index (χ4v) is 4.31. The van der Waals surface area contributed by atoms with Crippen molar-refractivity contribution < 1.29 is 31.1 Å². The highest BCUT2D eigenvalue weighted by atomic mass is 19.4. The van der Waals surface area contributed by atoms with Gasteiger partial charge in [0.25, 0.3) is 11.8 Å². The Balaban J connectivity index is 1.62. The maximum absolute atomic E-state index is 14.5. The molecule has 7 nitrogen and oxygen atoms in total. The summed E-state index contributed by atoms with van der Waals surface area (Å²) in [7, 11) is 1.52. The van der Waals surface area contributed by atoms with Gasteiger partial charge in [-0.25, -0.2) is 23.1 Å². The second kappa shape index (κ2) is 9.43. The van der Waals surface area contributed by atoms with Gasteiger partial charge in [0.1, 0.15) is 11.6 Å². The lowest BCUT2D eigenvalue weighted by atomic mass is 9.88. The fourth-order valence-electron chi connectivity index (χ4n) is 4.31. The molecule has 36 heavy (non-hydrogen) atoms. The highest BCUT2D eigenvalue weighted by molar-refractivity contribution is 5.99. The average molecular weight is 512 g/mol. The van der Waals surface area contributed by atoms with E-state index in [1.807, 2.05) is 0 Å². The van der Waals surface area contributed by atoms with E-state index in [9.17, 15) is 31.1 Å². The molecule has 0 saturated carbocycles. The first-order valence-corrected chi connectivity index (χ1v) is 11.0. The SMILES string of the molecule is C[C@@H]1CC(F)(F)CN(C(=O)c2nn(C)cc2-c2ccccc2F)[C@@H]1CNc1cnc(C(F)(F)F)cn1. The average Bonchev–Trinajstić information content (AvgIpc) is 3.18. The molecule has 1 amide bonds. The summed E-state index contributed by atoms with van der Waals surface area (Å²) in [5.74, 6) is -5.29. The molecule has 0 unspecified atom stereocenters. The van der Waals surface area contributed by atoms with Crippen LogP contribution in [0.2, 0.25) is 0 Å². The van der Waals surface area contributed by atoms with E-state index in [1.165, 1.54) is 36.1 Å². The van der Waals surface area contributed by atoms with E-state index in [4.69, 9.17) is 0 Å². The van der Waals surface area contributed by atoms with Crippen LogP contribution < -0.4 is 5.32 Å². The van der Waals surface area contributed by atoms with E-state index in [-0.39, 0.29) is 29.2 Å². The van der Waals surface area contributed by atoms with Crippen molar-refractivity contribution >= 4 is 11.7 Å². The number of alkyl halides is 5. The van der Waals surface area contributed by atoms with Gasteiger partial charge in [0, 0.05) is 37.3 Å². The van der Waals surface area contributed by atoms with Crippen molar-refractivity contribution in [1.82, 2.24) is 24.6 Å². The molecule has 1 aliphatic rings. The van der Waals surface area contributed by atoms with Crippen LogP contribution in [0.5, 0.6) is 0 Å². The standard InChI is InChI=1S/C23H22F6N6O/c1-13-7-22(25,26)12-35(17(13)8-31-19-10-30-18(9-32-19)23(27,28)29)21(36)20-15(11-34(2)33-20)14-5-3-4-6-16(14)24/h3-6,9-11,13,17H,7-8,12H2,1-2H3,(H,31,32)/t13-,17-/m1/s1. The Morgan fingerprint density at radius 3 is 2.53 bits per heavy atom. The molecule has 1 fully saturated rings. The van der Waals surface area contributed by atoms with E-state index in [1.54, 1.807) is 13.0 Å². The van der Waals surface area contributed by atoms with E-state index in [0.29, 0.717) is 6.20 Å². The summed E-state index contributed by atoms with van der Waals surface area (Å²) in [4.78, 5) is 21.5. The van der Waals surface area contributed by atoms with Crippen molar-refractivity contribution in [3.63, 3.8) is 0 Å². The highest BCUT2D eigenvalue weighted by Crippen LogP contribution is 2.36. The number of likely N-dealkylation sites (tertiary alicyclic amines) is 1. The number of aryl methyl sites for hydroxylation is 1. The first kappa shape index (κ1) is 25.5. The number of benzene rings is 1. The minimum absolute atomic E-state index is 0.00943. The number of carbonyl (C=O) groups is 1. The summed E-state index contributed by atoms with van der Waals surface area (Å²) in [6, 6.07) is 4.95. The molecule has 1 aromatic carbocycles. The Kier molecular flexibility index (Phi) is 6.67. The number of carbonyl (C=O) groups excluding carboxylic acids is 1. The van der Waals surface area contributed by atoms with Crippen LogP contribution >= 0.6 is 0 Å². The summed E-state index contributed by atoms with van der Waals surface area (Å²) < 4.78 is 83.0. The second-order valence-electron chi connectivity index (χ2n) is 8.75. The number of anilines is 1. The van der Waals surface area contributed by atoms with Gasteiger partial charge < -0.3 is 10.2 Å². The first-order valence-electron chi connectivity index (χ1n) is 11.0. The lowest BCUT2D eigenvalue weighted by Gasteiger charge is -2.43. The number of nitrogens with one attached hydrogen (secondary N) is 1. The van der Waals surface area contributed by atoms with Crippen LogP contribution in [0.15, 0.2) is 42.9 Å². The van der Waals surface area contributed by atoms with E-state index in [0.717, 1.165) is 11.1 Å². The minimum Gasteiger partial charge on any atom is -0.367 e. The van der Waals surface area contributed by atoms with Gasteiger partial charge in [0.05, 0.1) is 25.0 Å².